The number of hydrogen-bond donors (Lipinski definition) is 1. The molecule has 4 nitrogen and oxygen atoms in total. The van der Waals surface area contributed by atoms with E-state index in [9.17, 15) is 9.59 Å². The Morgan fingerprint density at radius 1 is 1.35 bits per heavy atom. The Hall–Kier alpha value is -1.07. The van der Waals surface area contributed by atoms with E-state index in [1.807, 2.05) is 0 Å². The summed E-state index contributed by atoms with van der Waals surface area (Å²) in [6.45, 7) is 0. The van der Waals surface area contributed by atoms with E-state index in [1.165, 1.54) is 23.3 Å². The Labute approximate surface area is 127 Å². The van der Waals surface area contributed by atoms with Gasteiger partial charge in [-0.3, -0.25) is 4.79 Å². The quantitative estimate of drug-likeness (QED) is 0.497. The zero-order valence-corrected chi connectivity index (χ0v) is 13.0. The van der Waals surface area contributed by atoms with Gasteiger partial charge in [0.25, 0.3) is 0 Å². The highest BCUT2D eigenvalue weighted by Gasteiger charge is 2.27. The smallest absolute Gasteiger partial charge is 0.341 e. The van der Waals surface area contributed by atoms with Gasteiger partial charge in [0.15, 0.2) is 0 Å². The predicted octanol–water partition coefficient (Wildman–Crippen LogP) is 3.37. The fourth-order valence-corrected chi connectivity index (χ4v) is 3.86. The number of carbonyl (C=O) groups excluding carboxylic acids is 2. The summed E-state index contributed by atoms with van der Waals surface area (Å²) in [6, 6.07) is 0. The molecule has 0 aliphatic heterocycles. The van der Waals surface area contributed by atoms with Gasteiger partial charge in [0, 0.05) is 17.2 Å². The normalized spacial score (nSPS) is 13.1. The zero-order valence-electron chi connectivity index (χ0n) is 11.5. The number of rotatable bonds is 6. The van der Waals surface area contributed by atoms with Crippen molar-refractivity contribution in [3.05, 3.63) is 16.0 Å². The topological polar surface area (TPSA) is 55.4 Å². The molecule has 0 saturated heterocycles. The Bertz CT molecular complexity index is 513. The molecule has 0 radical (unpaired) electrons. The van der Waals surface area contributed by atoms with Gasteiger partial charge in [0.1, 0.15) is 5.00 Å². The average molecular weight is 316 g/mol. The van der Waals surface area contributed by atoms with Gasteiger partial charge in [-0.05, 0) is 37.7 Å². The van der Waals surface area contributed by atoms with Crippen molar-refractivity contribution < 1.29 is 14.3 Å². The Morgan fingerprint density at radius 3 is 2.85 bits per heavy atom. The largest absolute Gasteiger partial charge is 0.465 e. The highest BCUT2D eigenvalue weighted by Crippen LogP contribution is 2.39. The van der Waals surface area contributed by atoms with Crippen LogP contribution in [0.2, 0.25) is 0 Å². The van der Waals surface area contributed by atoms with Gasteiger partial charge in [-0.25, -0.2) is 4.79 Å². The first kappa shape index (κ1) is 15.3. The van der Waals surface area contributed by atoms with Crippen molar-refractivity contribution in [3.63, 3.8) is 0 Å². The first-order valence-corrected chi connectivity index (χ1v) is 8.11. The molecule has 110 valence electrons. The standard InChI is InChI=1S/C14H18ClNO3S/c1-19-14(18)12-9-5-4-6-10(9)20-13(12)16-11(17)7-2-3-8-15/h2-8H2,1H3,(H,16,17). The van der Waals surface area contributed by atoms with Crippen LogP contribution in [0.3, 0.4) is 0 Å². The molecule has 1 aromatic heterocycles. The number of alkyl halides is 1. The molecule has 0 fully saturated rings. The number of aryl methyl sites for hydroxylation is 1. The summed E-state index contributed by atoms with van der Waals surface area (Å²) in [5.41, 5.74) is 1.61. The SMILES string of the molecule is COC(=O)c1c(NC(=O)CCCCCl)sc2c1CCC2. The van der Waals surface area contributed by atoms with Gasteiger partial charge in [-0.15, -0.1) is 22.9 Å². The molecule has 0 spiro atoms. The van der Waals surface area contributed by atoms with E-state index >= 15 is 0 Å². The fraction of sp³-hybridized carbons (Fsp3) is 0.571. The van der Waals surface area contributed by atoms with Crippen molar-refractivity contribution in [3.8, 4) is 0 Å². The molecular formula is C14H18ClNO3S. The average Bonchev–Trinajstić information content (AvgIpc) is 2.98. The lowest BCUT2D eigenvalue weighted by Gasteiger charge is -2.06. The number of ether oxygens (including phenoxy) is 1. The molecule has 0 atom stereocenters. The van der Waals surface area contributed by atoms with Crippen LogP contribution in [0.5, 0.6) is 0 Å². The molecule has 1 aliphatic carbocycles. The Morgan fingerprint density at radius 2 is 2.15 bits per heavy atom. The number of hydrogen-bond acceptors (Lipinski definition) is 4. The van der Waals surface area contributed by atoms with Crippen molar-refractivity contribution in [1.29, 1.82) is 0 Å². The lowest BCUT2D eigenvalue weighted by molar-refractivity contribution is -0.116. The number of amides is 1. The van der Waals surface area contributed by atoms with Crippen LogP contribution >= 0.6 is 22.9 Å². The van der Waals surface area contributed by atoms with Crippen molar-refractivity contribution in [2.75, 3.05) is 18.3 Å². The molecule has 0 unspecified atom stereocenters. The number of esters is 1. The van der Waals surface area contributed by atoms with E-state index in [4.69, 9.17) is 16.3 Å². The second-order valence-corrected chi connectivity index (χ2v) is 6.23. The van der Waals surface area contributed by atoms with E-state index < -0.39 is 0 Å². The molecule has 1 heterocycles. The first-order valence-electron chi connectivity index (χ1n) is 6.76. The van der Waals surface area contributed by atoms with Gasteiger partial charge >= 0.3 is 5.97 Å². The molecule has 6 heteroatoms. The van der Waals surface area contributed by atoms with E-state index in [0.29, 0.717) is 22.9 Å². The van der Waals surface area contributed by atoms with Crippen LogP contribution in [0.15, 0.2) is 0 Å². The third-order valence-electron chi connectivity index (χ3n) is 3.35. The maximum atomic E-state index is 11.9. The monoisotopic (exact) mass is 315 g/mol. The molecule has 1 aromatic rings. The van der Waals surface area contributed by atoms with Crippen LogP contribution in [0, 0.1) is 0 Å². The van der Waals surface area contributed by atoms with Crippen LogP contribution < -0.4 is 5.32 Å². The number of unbranched alkanes of at least 4 members (excludes halogenated alkanes) is 1. The highest BCUT2D eigenvalue weighted by molar-refractivity contribution is 7.17. The third kappa shape index (κ3) is 3.33. The second kappa shape index (κ2) is 7.09. The van der Waals surface area contributed by atoms with E-state index in [-0.39, 0.29) is 11.9 Å². The minimum absolute atomic E-state index is 0.0693. The van der Waals surface area contributed by atoms with Crippen molar-refractivity contribution in [1.82, 2.24) is 0 Å². The van der Waals surface area contributed by atoms with Crippen LogP contribution in [-0.2, 0) is 22.4 Å². The van der Waals surface area contributed by atoms with Gasteiger partial charge < -0.3 is 10.1 Å². The highest BCUT2D eigenvalue weighted by atomic mass is 35.5. The molecule has 2 rings (SSSR count). The Balaban J connectivity index is 2.11. The number of nitrogens with one attached hydrogen (secondary N) is 1. The molecule has 0 bridgehead atoms. The first-order chi connectivity index (χ1) is 9.67. The summed E-state index contributed by atoms with van der Waals surface area (Å²) in [4.78, 5) is 25.0. The van der Waals surface area contributed by atoms with Gasteiger partial charge in [-0.1, -0.05) is 0 Å². The maximum absolute atomic E-state index is 11.9. The third-order valence-corrected chi connectivity index (χ3v) is 4.83. The molecule has 0 saturated carbocycles. The van der Waals surface area contributed by atoms with Gasteiger partial charge in [0.05, 0.1) is 12.7 Å². The molecule has 20 heavy (non-hydrogen) atoms. The molecule has 1 aliphatic rings. The molecule has 1 N–H and O–H groups in total. The summed E-state index contributed by atoms with van der Waals surface area (Å²) in [5.74, 6) is 0.134. The fourth-order valence-electron chi connectivity index (χ4n) is 2.38. The number of methoxy groups -OCH3 is 1. The van der Waals surface area contributed by atoms with Crippen LogP contribution in [-0.4, -0.2) is 24.9 Å². The van der Waals surface area contributed by atoms with E-state index in [0.717, 1.165) is 37.7 Å². The Kier molecular flexibility index (Phi) is 5.43. The molecule has 0 aromatic carbocycles. The number of fused-ring (bicyclic) bond motifs is 1. The van der Waals surface area contributed by atoms with E-state index in [1.54, 1.807) is 0 Å². The number of carbonyl (C=O) groups is 2. The zero-order chi connectivity index (χ0) is 14.5. The number of halogens is 1. The summed E-state index contributed by atoms with van der Waals surface area (Å²) < 4.78 is 4.84. The van der Waals surface area contributed by atoms with Crippen LogP contribution in [0.4, 0.5) is 5.00 Å². The van der Waals surface area contributed by atoms with Gasteiger partial charge in [0.2, 0.25) is 5.91 Å². The van der Waals surface area contributed by atoms with Crippen molar-refractivity contribution in [2.24, 2.45) is 0 Å². The summed E-state index contributed by atoms with van der Waals surface area (Å²) in [5, 5.41) is 3.49. The van der Waals surface area contributed by atoms with Gasteiger partial charge in [-0.2, -0.15) is 0 Å². The van der Waals surface area contributed by atoms with Crippen molar-refractivity contribution in [2.45, 2.75) is 38.5 Å². The lowest BCUT2D eigenvalue weighted by Crippen LogP contribution is -2.14. The van der Waals surface area contributed by atoms with Crippen molar-refractivity contribution >= 4 is 39.8 Å². The van der Waals surface area contributed by atoms with Crippen LogP contribution in [0.25, 0.3) is 0 Å². The summed E-state index contributed by atoms with van der Waals surface area (Å²) in [7, 11) is 1.37. The summed E-state index contributed by atoms with van der Waals surface area (Å²) >= 11 is 7.09. The molecular weight excluding hydrogens is 298 g/mol. The minimum atomic E-state index is -0.361. The number of anilines is 1. The molecule has 1 amide bonds. The lowest BCUT2D eigenvalue weighted by atomic mass is 10.1. The number of thiophene rings is 1. The maximum Gasteiger partial charge on any atom is 0.341 e. The summed E-state index contributed by atoms with van der Waals surface area (Å²) in [6.07, 6.45) is 4.93. The minimum Gasteiger partial charge on any atom is -0.465 e. The second-order valence-electron chi connectivity index (χ2n) is 4.75. The predicted molar refractivity (Wildman–Crippen MR) is 80.9 cm³/mol. The van der Waals surface area contributed by atoms with E-state index in [2.05, 4.69) is 5.32 Å². The van der Waals surface area contributed by atoms with Crippen LogP contribution in [0.1, 0.15) is 46.5 Å².